The summed E-state index contributed by atoms with van der Waals surface area (Å²) in [7, 11) is 0. The largest absolute Gasteiger partial charge is 0.379 e. The van der Waals surface area contributed by atoms with Gasteiger partial charge in [-0.25, -0.2) is 27.2 Å². The van der Waals surface area contributed by atoms with Crippen LogP contribution in [-0.4, -0.2) is 70.1 Å². The zero-order valence-electron chi connectivity index (χ0n) is 17.5. The minimum absolute atomic E-state index is 0.0549. The number of hydrogen-bond donors (Lipinski definition) is 1. The van der Waals surface area contributed by atoms with E-state index in [1.165, 1.54) is 23.1 Å². The van der Waals surface area contributed by atoms with Crippen LogP contribution in [0.15, 0.2) is 36.7 Å². The Hall–Kier alpha value is -3.25. The molecule has 0 spiro atoms. The number of anilines is 3. The Balaban J connectivity index is 1.32. The SMILES string of the molecule is Fc1cc(F)cc(-n2cnc(Nc3cc(C(F)F)cc(N4CC(N5CCOCC5)C4)n3)n2)c1. The van der Waals surface area contributed by atoms with E-state index in [0.29, 0.717) is 38.2 Å². The van der Waals surface area contributed by atoms with Gasteiger partial charge in [-0.3, -0.25) is 4.90 Å². The zero-order chi connectivity index (χ0) is 22.9. The predicted octanol–water partition coefficient (Wildman–Crippen LogP) is 3.14. The Morgan fingerprint density at radius 3 is 2.42 bits per heavy atom. The highest BCUT2D eigenvalue weighted by Crippen LogP contribution is 2.30. The molecule has 1 aromatic carbocycles. The average Bonchev–Trinajstić information content (AvgIpc) is 3.21. The van der Waals surface area contributed by atoms with Gasteiger partial charge in [-0.15, -0.1) is 5.10 Å². The summed E-state index contributed by atoms with van der Waals surface area (Å²) >= 11 is 0. The number of benzene rings is 1. The number of alkyl halides is 2. The third-order valence-corrected chi connectivity index (χ3v) is 5.68. The van der Waals surface area contributed by atoms with E-state index < -0.39 is 18.1 Å². The predicted molar refractivity (Wildman–Crippen MR) is 112 cm³/mol. The van der Waals surface area contributed by atoms with E-state index in [4.69, 9.17) is 4.74 Å². The molecule has 0 bridgehead atoms. The quantitative estimate of drug-likeness (QED) is 0.564. The van der Waals surface area contributed by atoms with Gasteiger partial charge in [0.15, 0.2) is 0 Å². The average molecular weight is 463 g/mol. The summed E-state index contributed by atoms with van der Waals surface area (Å²) in [6, 6.07) is 5.91. The summed E-state index contributed by atoms with van der Waals surface area (Å²) in [5.41, 5.74) is -0.0401. The number of morpholine rings is 1. The third kappa shape index (κ3) is 4.76. The Labute approximate surface area is 186 Å². The van der Waals surface area contributed by atoms with Crippen LogP contribution in [0.25, 0.3) is 5.69 Å². The lowest BCUT2D eigenvalue weighted by Crippen LogP contribution is -2.61. The van der Waals surface area contributed by atoms with Crippen molar-refractivity contribution in [3.63, 3.8) is 0 Å². The van der Waals surface area contributed by atoms with E-state index in [9.17, 15) is 17.6 Å². The number of halogens is 4. The molecule has 3 aromatic rings. The summed E-state index contributed by atoms with van der Waals surface area (Å²) in [6.45, 7) is 4.50. The van der Waals surface area contributed by atoms with Crippen molar-refractivity contribution in [2.24, 2.45) is 0 Å². The van der Waals surface area contributed by atoms with Crippen molar-refractivity contribution in [1.82, 2.24) is 24.6 Å². The number of rotatable bonds is 6. The molecule has 5 rings (SSSR count). The highest BCUT2D eigenvalue weighted by molar-refractivity contribution is 5.56. The molecule has 0 atom stereocenters. The summed E-state index contributed by atoms with van der Waals surface area (Å²) in [6.07, 6.45) is -1.42. The van der Waals surface area contributed by atoms with E-state index in [1.807, 2.05) is 4.90 Å². The van der Waals surface area contributed by atoms with Crippen LogP contribution in [0.2, 0.25) is 0 Å². The number of hydrogen-bond acceptors (Lipinski definition) is 7. The van der Waals surface area contributed by atoms with E-state index in [0.717, 1.165) is 31.3 Å². The topological polar surface area (TPSA) is 71.3 Å². The summed E-state index contributed by atoms with van der Waals surface area (Å²) < 4.78 is 60.5. The minimum Gasteiger partial charge on any atom is -0.379 e. The molecule has 0 saturated carbocycles. The number of pyridine rings is 1. The molecule has 2 saturated heterocycles. The van der Waals surface area contributed by atoms with Gasteiger partial charge >= 0.3 is 0 Å². The second-order valence-electron chi connectivity index (χ2n) is 7.92. The molecule has 2 aliphatic heterocycles. The maximum atomic E-state index is 13.5. The van der Waals surface area contributed by atoms with E-state index in [-0.39, 0.29) is 23.0 Å². The lowest BCUT2D eigenvalue weighted by Gasteiger charge is -2.47. The number of nitrogens with one attached hydrogen (secondary N) is 1. The molecule has 12 heteroatoms. The fourth-order valence-corrected chi connectivity index (χ4v) is 3.94. The minimum atomic E-state index is -2.68. The van der Waals surface area contributed by atoms with E-state index >= 15 is 0 Å². The van der Waals surface area contributed by atoms with Gasteiger partial charge in [0.25, 0.3) is 6.43 Å². The molecule has 4 heterocycles. The van der Waals surface area contributed by atoms with E-state index in [2.05, 4.69) is 25.3 Å². The first-order chi connectivity index (χ1) is 15.9. The van der Waals surface area contributed by atoms with Crippen LogP contribution in [0.1, 0.15) is 12.0 Å². The zero-order valence-corrected chi connectivity index (χ0v) is 17.5. The standard InChI is InChI=1S/C21H21F4N7O/c22-14-7-15(23)9-16(8-14)32-12-26-21(29-32)28-18-5-13(20(24)25)6-19(27-18)31-10-17(11-31)30-1-3-33-4-2-30/h5-9,12,17,20H,1-4,10-11H2,(H,27,28,29). The molecule has 0 aliphatic carbocycles. The van der Waals surface area contributed by atoms with Gasteiger partial charge in [-0.1, -0.05) is 0 Å². The molecule has 2 fully saturated rings. The number of aromatic nitrogens is 4. The Morgan fingerprint density at radius 1 is 1.00 bits per heavy atom. The second-order valence-corrected chi connectivity index (χ2v) is 7.92. The fraction of sp³-hybridized carbons (Fsp3) is 0.381. The summed E-state index contributed by atoms with van der Waals surface area (Å²) in [4.78, 5) is 12.8. The number of ether oxygens (including phenoxy) is 1. The van der Waals surface area contributed by atoms with Gasteiger partial charge in [0.1, 0.15) is 29.6 Å². The van der Waals surface area contributed by atoms with Crippen LogP contribution < -0.4 is 10.2 Å². The van der Waals surface area contributed by atoms with Crippen molar-refractivity contribution in [2.75, 3.05) is 49.6 Å². The Bertz CT molecular complexity index is 1110. The number of nitrogens with zero attached hydrogens (tertiary/aromatic N) is 6. The first-order valence-electron chi connectivity index (χ1n) is 10.5. The van der Waals surface area contributed by atoms with Crippen molar-refractivity contribution in [3.05, 3.63) is 53.9 Å². The molecule has 0 unspecified atom stereocenters. The maximum absolute atomic E-state index is 13.5. The normalized spacial score (nSPS) is 17.4. The fourth-order valence-electron chi connectivity index (χ4n) is 3.94. The van der Waals surface area contributed by atoms with Crippen LogP contribution in [0, 0.1) is 11.6 Å². The molecule has 0 radical (unpaired) electrons. The first-order valence-corrected chi connectivity index (χ1v) is 10.5. The molecule has 2 aromatic heterocycles. The highest BCUT2D eigenvalue weighted by atomic mass is 19.3. The van der Waals surface area contributed by atoms with Crippen molar-refractivity contribution >= 4 is 17.6 Å². The third-order valence-electron chi connectivity index (χ3n) is 5.68. The molecule has 1 N–H and O–H groups in total. The Morgan fingerprint density at radius 2 is 1.73 bits per heavy atom. The molecule has 174 valence electrons. The van der Waals surface area contributed by atoms with Gasteiger partial charge in [0.2, 0.25) is 5.95 Å². The van der Waals surface area contributed by atoms with Gasteiger partial charge in [-0.2, -0.15) is 4.98 Å². The van der Waals surface area contributed by atoms with Crippen LogP contribution in [0.3, 0.4) is 0 Å². The lowest BCUT2D eigenvalue weighted by molar-refractivity contribution is 0.0104. The summed E-state index contributed by atoms with van der Waals surface area (Å²) in [5.74, 6) is -0.863. The van der Waals surface area contributed by atoms with Crippen LogP contribution in [0.4, 0.5) is 35.1 Å². The molecular formula is C21H21F4N7O. The van der Waals surface area contributed by atoms with Crippen molar-refractivity contribution in [2.45, 2.75) is 12.5 Å². The molecule has 33 heavy (non-hydrogen) atoms. The first kappa shape index (κ1) is 21.6. The summed E-state index contributed by atoms with van der Waals surface area (Å²) in [5, 5.41) is 6.92. The monoisotopic (exact) mass is 463 g/mol. The van der Waals surface area contributed by atoms with Gasteiger partial charge < -0.3 is 15.0 Å². The molecule has 0 amide bonds. The maximum Gasteiger partial charge on any atom is 0.264 e. The smallest absolute Gasteiger partial charge is 0.264 e. The van der Waals surface area contributed by atoms with Crippen molar-refractivity contribution < 1.29 is 22.3 Å². The van der Waals surface area contributed by atoms with Gasteiger partial charge in [0.05, 0.1) is 18.9 Å². The molecular weight excluding hydrogens is 442 g/mol. The Kier molecular flexibility index (Phi) is 5.85. The lowest BCUT2D eigenvalue weighted by atomic mass is 10.1. The van der Waals surface area contributed by atoms with Crippen molar-refractivity contribution in [3.8, 4) is 5.69 Å². The van der Waals surface area contributed by atoms with Gasteiger partial charge in [0, 0.05) is 43.9 Å². The molecule has 2 aliphatic rings. The second kappa shape index (κ2) is 8.94. The highest BCUT2D eigenvalue weighted by Gasteiger charge is 2.34. The van der Waals surface area contributed by atoms with Crippen molar-refractivity contribution in [1.29, 1.82) is 0 Å². The molecule has 8 nitrogen and oxygen atoms in total. The van der Waals surface area contributed by atoms with Crippen LogP contribution in [0.5, 0.6) is 0 Å². The van der Waals surface area contributed by atoms with E-state index in [1.54, 1.807) is 0 Å². The van der Waals surface area contributed by atoms with Gasteiger partial charge in [-0.05, 0) is 24.3 Å². The van der Waals surface area contributed by atoms with Crippen LogP contribution in [-0.2, 0) is 4.74 Å². The van der Waals surface area contributed by atoms with Crippen LogP contribution >= 0.6 is 0 Å².